The molecule has 0 aromatic heterocycles. The van der Waals surface area contributed by atoms with E-state index in [-0.39, 0.29) is 17.7 Å². The van der Waals surface area contributed by atoms with Gasteiger partial charge in [0, 0.05) is 31.9 Å². The molecule has 2 aromatic carbocycles. The SMILES string of the molecule is COc1ccc(NC(=O)[C@H](C)N2CCN(c3ccccc3O)CC2)cc1Cl. The van der Waals surface area contributed by atoms with Crippen molar-refractivity contribution in [2.24, 2.45) is 0 Å². The summed E-state index contributed by atoms with van der Waals surface area (Å²) in [5.41, 5.74) is 1.48. The molecule has 1 atom stereocenters. The van der Waals surface area contributed by atoms with Gasteiger partial charge in [-0.05, 0) is 37.3 Å². The molecule has 0 radical (unpaired) electrons. The van der Waals surface area contributed by atoms with E-state index in [4.69, 9.17) is 16.3 Å². The molecule has 144 valence electrons. The minimum Gasteiger partial charge on any atom is -0.506 e. The fourth-order valence-corrected chi connectivity index (χ4v) is 3.50. The summed E-state index contributed by atoms with van der Waals surface area (Å²) < 4.78 is 5.13. The maximum absolute atomic E-state index is 12.6. The minimum atomic E-state index is -0.266. The number of hydrogen-bond acceptors (Lipinski definition) is 5. The van der Waals surface area contributed by atoms with E-state index in [1.54, 1.807) is 31.4 Å². The van der Waals surface area contributed by atoms with Crippen LogP contribution in [0.1, 0.15) is 6.92 Å². The summed E-state index contributed by atoms with van der Waals surface area (Å²) in [4.78, 5) is 16.9. The zero-order valence-corrected chi connectivity index (χ0v) is 16.2. The summed E-state index contributed by atoms with van der Waals surface area (Å²) in [5.74, 6) is 0.781. The fourth-order valence-electron chi connectivity index (χ4n) is 3.24. The van der Waals surface area contributed by atoms with Gasteiger partial charge in [0.2, 0.25) is 5.91 Å². The summed E-state index contributed by atoms with van der Waals surface area (Å²) in [6.45, 7) is 4.89. The highest BCUT2D eigenvalue weighted by atomic mass is 35.5. The van der Waals surface area contributed by atoms with Crippen LogP contribution >= 0.6 is 11.6 Å². The maximum atomic E-state index is 12.6. The number of halogens is 1. The number of phenols is 1. The van der Waals surface area contributed by atoms with E-state index >= 15 is 0 Å². The van der Waals surface area contributed by atoms with Crippen molar-refractivity contribution in [2.45, 2.75) is 13.0 Å². The largest absolute Gasteiger partial charge is 0.506 e. The Labute approximate surface area is 164 Å². The molecule has 6 nitrogen and oxygen atoms in total. The first kappa shape index (κ1) is 19.3. The third-order valence-corrected chi connectivity index (χ3v) is 5.18. The number of para-hydroxylation sites is 2. The van der Waals surface area contributed by atoms with Crippen LogP contribution in [0.25, 0.3) is 0 Å². The monoisotopic (exact) mass is 389 g/mol. The number of carbonyl (C=O) groups is 1. The van der Waals surface area contributed by atoms with Crippen molar-refractivity contribution in [2.75, 3.05) is 43.5 Å². The Bertz CT molecular complexity index is 807. The van der Waals surface area contributed by atoms with Gasteiger partial charge in [0.1, 0.15) is 11.5 Å². The summed E-state index contributed by atoms with van der Waals surface area (Å²) >= 11 is 6.12. The van der Waals surface area contributed by atoms with E-state index in [1.165, 1.54) is 0 Å². The molecule has 0 bridgehead atoms. The second-order valence-corrected chi connectivity index (χ2v) is 6.93. The van der Waals surface area contributed by atoms with E-state index in [0.717, 1.165) is 31.9 Å². The average molecular weight is 390 g/mol. The number of amides is 1. The molecule has 7 heteroatoms. The van der Waals surface area contributed by atoms with Gasteiger partial charge < -0.3 is 20.1 Å². The third kappa shape index (κ3) is 4.46. The van der Waals surface area contributed by atoms with Crippen molar-refractivity contribution in [1.82, 2.24) is 4.90 Å². The van der Waals surface area contributed by atoms with Gasteiger partial charge in [-0.2, -0.15) is 0 Å². The number of nitrogens with zero attached hydrogens (tertiary/aromatic N) is 2. The van der Waals surface area contributed by atoms with Gasteiger partial charge in [-0.25, -0.2) is 0 Å². The number of anilines is 2. The Balaban J connectivity index is 1.57. The molecule has 1 saturated heterocycles. The molecule has 0 aliphatic carbocycles. The first-order valence-corrected chi connectivity index (χ1v) is 9.29. The molecule has 3 rings (SSSR count). The first-order valence-electron chi connectivity index (χ1n) is 8.91. The molecule has 0 spiro atoms. The number of rotatable bonds is 5. The normalized spacial score (nSPS) is 16.0. The van der Waals surface area contributed by atoms with Crippen LogP contribution in [-0.4, -0.2) is 55.2 Å². The molecular weight excluding hydrogens is 366 g/mol. The summed E-state index contributed by atoms with van der Waals surface area (Å²) in [7, 11) is 1.55. The van der Waals surface area contributed by atoms with Gasteiger partial charge in [0.25, 0.3) is 0 Å². The molecule has 1 aliphatic heterocycles. The first-order chi connectivity index (χ1) is 13.0. The van der Waals surface area contributed by atoms with Crippen molar-refractivity contribution in [3.63, 3.8) is 0 Å². The Kier molecular flexibility index (Phi) is 6.08. The Hall–Kier alpha value is -2.44. The number of piperazine rings is 1. The van der Waals surface area contributed by atoms with Crippen LogP contribution in [0.3, 0.4) is 0 Å². The van der Waals surface area contributed by atoms with Crippen LogP contribution in [0.4, 0.5) is 11.4 Å². The number of hydrogen-bond donors (Lipinski definition) is 2. The number of ether oxygens (including phenoxy) is 1. The lowest BCUT2D eigenvalue weighted by atomic mass is 10.2. The number of methoxy groups -OCH3 is 1. The second-order valence-electron chi connectivity index (χ2n) is 6.53. The van der Waals surface area contributed by atoms with Crippen molar-refractivity contribution in [3.8, 4) is 11.5 Å². The predicted molar refractivity (Wildman–Crippen MR) is 108 cm³/mol. The minimum absolute atomic E-state index is 0.0766. The van der Waals surface area contributed by atoms with Gasteiger partial charge >= 0.3 is 0 Å². The van der Waals surface area contributed by atoms with Crippen LogP contribution in [0, 0.1) is 0 Å². The van der Waals surface area contributed by atoms with Gasteiger partial charge in [-0.1, -0.05) is 23.7 Å². The van der Waals surface area contributed by atoms with Crippen molar-refractivity contribution < 1.29 is 14.6 Å². The zero-order chi connectivity index (χ0) is 19.4. The number of phenolic OH excluding ortho intramolecular Hbond substituents is 1. The van der Waals surface area contributed by atoms with E-state index in [2.05, 4.69) is 15.1 Å². The van der Waals surface area contributed by atoms with Crippen molar-refractivity contribution in [3.05, 3.63) is 47.5 Å². The molecule has 2 aromatic rings. The quantitative estimate of drug-likeness (QED) is 0.822. The maximum Gasteiger partial charge on any atom is 0.241 e. The molecule has 1 fully saturated rings. The van der Waals surface area contributed by atoms with E-state index < -0.39 is 0 Å². The number of benzene rings is 2. The highest BCUT2D eigenvalue weighted by molar-refractivity contribution is 6.32. The van der Waals surface area contributed by atoms with Crippen LogP contribution < -0.4 is 15.0 Å². The van der Waals surface area contributed by atoms with Crippen LogP contribution in [0.5, 0.6) is 11.5 Å². The highest BCUT2D eigenvalue weighted by Crippen LogP contribution is 2.28. The average Bonchev–Trinajstić information content (AvgIpc) is 2.68. The van der Waals surface area contributed by atoms with Crippen LogP contribution in [0.15, 0.2) is 42.5 Å². The topological polar surface area (TPSA) is 65.0 Å². The van der Waals surface area contributed by atoms with E-state index in [0.29, 0.717) is 16.5 Å². The number of aromatic hydroxyl groups is 1. The molecule has 1 heterocycles. The van der Waals surface area contributed by atoms with Crippen molar-refractivity contribution >= 4 is 28.9 Å². The van der Waals surface area contributed by atoms with E-state index in [1.807, 2.05) is 25.1 Å². The lowest BCUT2D eigenvalue weighted by Gasteiger charge is -2.38. The molecule has 1 aliphatic rings. The zero-order valence-electron chi connectivity index (χ0n) is 15.5. The Morgan fingerprint density at radius 1 is 1.19 bits per heavy atom. The van der Waals surface area contributed by atoms with Crippen molar-refractivity contribution in [1.29, 1.82) is 0 Å². The van der Waals surface area contributed by atoms with E-state index in [9.17, 15) is 9.90 Å². The van der Waals surface area contributed by atoms with Crippen LogP contribution in [0.2, 0.25) is 5.02 Å². The fraction of sp³-hybridized carbons (Fsp3) is 0.350. The second kappa shape index (κ2) is 8.50. The summed E-state index contributed by atoms with van der Waals surface area (Å²) in [5, 5.41) is 13.4. The summed E-state index contributed by atoms with van der Waals surface area (Å²) in [6, 6.07) is 12.2. The smallest absolute Gasteiger partial charge is 0.241 e. The molecule has 0 unspecified atom stereocenters. The summed E-state index contributed by atoms with van der Waals surface area (Å²) in [6.07, 6.45) is 0. The molecule has 0 saturated carbocycles. The Morgan fingerprint density at radius 3 is 2.52 bits per heavy atom. The predicted octanol–water partition coefficient (Wildman–Crippen LogP) is 3.20. The van der Waals surface area contributed by atoms with Gasteiger partial charge in [-0.15, -0.1) is 0 Å². The highest BCUT2D eigenvalue weighted by Gasteiger charge is 2.26. The molecule has 2 N–H and O–H groups in total. The lowest BCUT2D eigenvalue weighted by Crippen LogP contribution is -2.52. The lowest BCUT2D eigenvalue weighted by molar-refractivity contribution is -0.120. The molecule has 1 amide bonds. The van der Waals surface area contributed by atoms with Gasteiger partial charge in [0.15, 0.2) is 0 Å². The molecule has 27 heavy (non-hydrogen) atoms. The van der Waals surface area contributed by atoms with Crippen LogP contribution in [-0.2, 0) is 4.79 Å². The van der Waals surface area contributed by atoms with Gasteiger partial charge in [0.05, 0.1) is 23.9 Å². The number of carbonyl (C=O) groups excluding carboxylic acids is 1. The Morgan fingerprint density at radius 2 is 1.89 bits per heavy atom. The number of nitrogens with one attached hydrogen (secondary N) is 1. The van der Waals surface area contributed by atoms with Gasteiger partial charge in [-0.3, -0.25) is 9.69 Å². The molecular formula is C20H24ClN3O3. The third-order valence-electron chi connectivity index (χ3n) is 4.88. The standard InChI is InChI=1S/C20H24ClN3O3/c1-14(20(26)22-15-7-8-19(27-2)16(21)13-15)23-9-11-24(12-10-23)17-5-3-4-6-18(17)25/h3-8,13-14,25H,9-12H2,1-2H3,(H,22,26)/t14-/m0/s1.